The van der Waals surface area contributed by atoms with Gasteiger partial charge in [0, 0.05) is 30.7 Å². The number of piperidine rings is 1. The first-order valence-corrected chi connectivity index (χ1v) is 9.28. The van der Waals surface area contributed by atoms with Gasteiger partial charge in [-0.3, -0.25) is 4.90 Å². The molecule has 2 aromatic rings. The molecule has 0 atom stereocenters. The highest BCUT2D eigenvalue weighted by atomic mass is 32.1. The fraction of sp³-hybridized carbons (Fsp3) is 0.500. The van der Waals surface area contributed by atoms with E-state index in [4.69, 9.17) is 0 Å². The highest BCUT2D eigenvalue weighted by Crippen LogP contribution is 2.21. The number of aryl methyl sites for hydroxylation is 1. The molecule has 0 radical (unpaired) electrons. The van der Waals surface area contributed by atoms with Crippen molar-refractivity contribution in [3.05, 3.63) is 45.9 Å². The van der Waals surface area contributed by atoms with Crippen LogP contribution >= 0.6 is 11.3 Å². The summed E-state index contributed by atoms with van der Waals surface area (Å²) in [7, 11) is 0. The second-order valence-corrected chi connectivity index (χ2v) is 7.05. The first kappa shape index (κ1) is 16.4. The standard InChI is InChI=1S/C18H25N3OS/c1-2-18-20-15(13-23-18)11-19-17-6-4-3-5-14(17)12-21-9-7-16(22)8-10-21/h3-6,13,16,19,22H,2,7-12H2,1H3. The minimum atomic E-state index is -0.114. The van der Waals surface area contributed by atoms with Gasteiger partial charge in [0.25, 0.3) is 0 Å². The van der Waals surface area contributed by atoms with Crippen molar-refractivity contribution < 1.29 is 5.11 Å². The first-order chi connectivity index (χ1) is 11.2. The molecule has 0 unspecified atom stereocenters. The summed E-state index contributed by atoms with van der Waals surface area (Å²) in [6, 6.07) is 8.49. The van der Waals surface area contributed by atoms with Crippen molar-refractivity contribution in [3.63, 3.8) is 0 Å². The Morgan fingerprint density at radius 2 is 2.09 bits per heavy atom. The number of aliphatic hydroxyl groups excluding tert-OH is 1. The van der Waals surface area contributed by atoms with E-state index in [1.165, 1.54) is 16.3 Å². The highest BCUT2D eigenvalue weighted by Gasteiger charge is 2.17. The zero-order valence-electron chi connectivity index (χ0n) is 13.7. The monoisotopic (exact) mass is 331 g/mol. The fourth-order valence-corrected chi connectivity index (χ4v) is 3.67. The van der Waals surface area contributed by atoms with Gasteiger partial charge in [0.05, 0.1) is 23.4 Å². The second-order valence-electron chi connectivity index (χ2n) is 6.10. The summed E-state index contributed by atoms with van der Waals surface area (Å²) >= 11 is 1.73. The molecule has 1 aliphatic rings. The van der Waals surface area contributed by atoms with Crippen molar-refractivity contribution >= 4 is 17.0 Å². The second kappa shape index (κ2) is 7.90. The molecule has 5 heteroatoms. The van der Waals surface area contributed by atoms with E-state index in [2.05, 4.69) is 51.8 Å². The number of anilines is 1. The van der Waals surface area contributed by atoms with Crippen LogP contribution in [0.15, 0.2) is 29.6 Å². The van der Waals surface area contributed by atoms with E-state index in [0.29, 0.717) is 0 Å². The molecule has 1 aliphatic heterocycles. The smallest absolute Gasteiger partial charge is 0.0926 e. The van der Waals surface area contributed by atoms with Crippen LogP contribution in [0.4, 0.5) is 5.69 Å². The minimum Gasteiger partial charge on any atom is -0.393 e. The van der Waals surface area contributed by atoms with Crippen molar-refractivity contribution in [2.45, 2.75) is 45.4 Å². The Labute approximate surface area is 142 Å². The van der Waals surface area contributed by atoms with Gasteiger partial charge in [0.15, 0.2) is 0 Å². The summed E-state index contributed by atoms with van der Waals surface area (Å²) in [5.41, 5.74) is 3.61. The largest absolute Gasteiger partial charge is 0.393 e. The minimum absolute atomic E-state index is 0.114. The third-order valence-electron chi connectivity index (χ3n) is 4.33. The van der Waals surface area contributed by atoms with E-state index in [1.807, 2.05) is 0 Å². The molecule has 0 amide bonds. The summed E-state index contributed by atoms with van der Waals surface area (Å²) < 4.78 is 0. The molecular formula is C18H25N3OS. The third-order valence-corrected chi connectivity index (χ3v) is 5.37. The Morgan fingerprint density at radius 3 is 2.83 bits per heavy atom. The summed E-state index contributed by atoms with van der Waals surface area (Å²) in [5.74, 6) is 0. The van der Waals surface area contributed by atoms with Gasteiger partial charge in [-0.1, -0.05) is 25.1 Å². The SMILES string of the molecule is CCc1nc(CNc2ccccc2CN2CCC(O)CC2)cs1. The van der Waals surface area contributed by atoms with Crippen LogP contribution in [0.2, 0.25) is 0 Å². The molecule has 0 spiro atoms. The zero-order valence-corrected chi connectivity index (χ0v) is 14.5. The Kier molecular flexibility index (Phi) is 5.65. The van der Waals surface area contributed by atoms with Crippen LogP contribution in [0.5, 0.6) is 0 Å². The number of rotatable bonds is 6. The number of thiazole rings is 1. The molecule has 4 nitrogen and oxygen atoms in total. The van der Waals surface area contributed by atoms with Crippen LogP contribution in [0.25, 0.3) is 0 Å². The van der Waals surface area contributed by atoms with Crippen molar-refractivity contribution in [2.24, 2.45) is 0 Å². The van der Waals surface area contributed by atoms with Crippen molar-refractivity contribution in [2.75, 3.05) is 18.4 Å². The number of hydrogen-bond acceptors (Lipinski definition) is 5. The van der Waals surface area contributed by atoms with E-state index >= 15 is 0 Å². The number of benzene rings is 1. The van der Waals surface area contributed by atoms with Gasteiger partial charge in [0.2, 0.25) is 0 Å². The van der Waals surface area contributed by atoms with Gasteiger partial charge < -0.3 is 10.4 Å². The van der Waals surface area contributed by atoms with Gasteiger partial charge in [-0.2, -0.15) is 0 Å². The maximum absolute atomic E-state index is 9.64. The van der Waals surface area contributed by atoms with Crippen LogP contribution in [-0.4, -0.2) is 34.2 Å². The van der Waals surface area contributed by atoms with Crippen molar-refractivity contribution in [1.82, 2.24) is 9.88 Å². The average Bonchev–Trinajstić information content (AvgIpc) is 3.04. The van der Waals surface area contributed by atoms with Crippen molar-refractivity contribution in [1.29, 1.82) is 0 Å². The lowest BCUT2D eigenvalue weighted by atomic mass is 10.1. The predicted molar refractivity (Wildman–Crippen MR) is 95.8 cm³/mol. The van der Waals surface area contributed by atoms with Gasteiger partial charge in [-0.25, -0.2) is 4.98 Å². The summed E-state index contributed by atoms with van der Waals surface area (Å²) in [5, 5.41) is 16.5. The van der Waals surface area contributed by atoms with Crippen LogP contribution in [0, 0.1) is 0 Å². The van der Waals surface area contributed by atoms with Gasteiger partial charge >= 0.3 is 0 Å². The van der Waals surface area contributed by atoms with E-state index in [1.54, 1.807) is 11.3 Å². The Hall–Kier alpha value is -1.43. The average molecular weight is 331 g/mol. The number of nitrogens with one attached hydrogen (secondary N) is 1. The lowest BCUT2D eigenvalue weighted by Gasteiger charge is -2.30. The Morgan fingerprint density at radius 1 is 1.30 bits per heavy atom. The molecule has 23 heavy (non-hydrogen) atoms. The van der Waals surface area contributed by atoms with Gasteiger partial charge in [0.1, 0.15) is 0 Å². The number of para-hydroxylation sites is 1. The molecule has 2 heterocycles. The van der Waals surface area contributed by atoms with Gasteiger partial charge in [-0.15, -0.1) is 11.3 Å². The molecule has 3 rings (SSSR count). The Balaban J connectivity index is 1.61. The van der Waals surface area contributed by atoms with Crippen molar-refractivity contribution in [3.8, 4) is 0 Å². The zero-order chi connectivity index (χ0) is 16.1. The van der Waals surface area contributed by atoms with Crippen LogP contribution in [-0.2, 0) is 19.5 Å². The fourth-order valence-electron chi connectivity index (χ4n) is 2.93. The topological polar surface area (TPSA) is 48.4 Å². The lowest BCUT2D eigenvalue weighted by molar-refractivity contribution is 0.0793. The molecule has 0 aliphatic carbocycles. The number of aromatic nitrogens is 1. The van der Waals surface area contributed by atoms with Gasteiger partial charge in [-0.05, 0) is 30.9 Å². The maximum atomic E-state index is 9.64. The van der Waals surface area contributed by atoms with E-state index in [0.717, 1.165) is 51.1 Å². The molecule has 1 fully saturated rings. The van der Waals surface area contributed by atoms with E-state index in [9.17, 15) is 5.11 Å². The van der Waals surface area contributed by atoms with Crippen LogP contribution in [0.1, 0.15) is 36.0 Å². The number of hydrogen-bond donors (Lipinski definition) is 2. The molecule has 2 N–H and O–H groups in total. The molecule has 1 saturated heterocycles. The molecule has 0 bridgehead atoms. The molecule has 1 aromatic carbocycles. The predicted octanol–water partition coefficient (Wildman–Crippen LogP) is 3.27. The van der Waals surface area contributed by atoms with Crippen LogP contribution in [0.3, 0.4) is 0 Å². The molecule has 0 saturated carbocycles. The quantitative estimate of drug-likeness (QED) is 0.853. The number of likely N-dealkylation sites (tertiary alicyclic amines) is 1. The van der Waals surface area contributed by atoms with Crippen LogP contribution < -0.4 is 5.32 Å². The molecular weight excluding hydrogens is 306 g/mol. The number of aliphatic hydroxyl groups is 1. The van der Waals surface area contributed by atoms with E-state index in [-0.39, 0.29) is 6.10 Å². The normalized spacial score (nSPS) is 16.6. The highest BCUT2D eigenvalue weighted by molar-refractivity contribution is 7.09. The molecule has 1 aromatic heterocycles. The third kappa shape index (κ3) is 4.53. The summed E-state index contributed by atoms with van der Waals surface area (Å²) in [6.07, 6.45) is 2.65. The lowest BCUT2D eigenvalue weighted by Crippen LogP contribution is -2.35. The molecule has 124 valence electrons. The van der Waals surface area contributed by atoms with E-state index < -0.39 is 0 Å². The maximum Gasteiger partial charge on any atom is 0.0926 e. The Bertz CT molecular complexity index is 620. The summed E-state index contributed by atoms with van der Waals surface area (Å²) in [6.45, 7) is 5.79. The first-order valence-electron chi connectivity index (χ1n) is 8.40. The number of nitrogens with zero attached hydrogens (tertiary/aromatic N) is 2. The summed E-state index contributed by atoms with van der Waals surface area (Å²) in [4.78, 5) is 7.04.